The van der Waals surface area contributed by atoms with Crippen LogP contribution in [0.15, 0.2) is 16.9 Å². The molecule has 1 aromatic carbocycles. The van der Waals surface area contributed by atoms with Gasteiger partial charge in [-0.1, -0.05) is 0 Å². The first kappa shape index (κ1) is 21.6. The van der Waals surface area contributed by atoms with E-state index in [0.717, 1.165) is 32.1 Å². The highest BCUT2D eigenvalue weighted by molar-refractivity contribution is 7.84. The van der Waals surface area contributed by atoms with Crippen molar-refractivity contribution in [1.29, 1.82) is 0 Å². The van der Waals surface area contributed by atoms with E-state index in [2.05, 4.69) is 4.72 Å². The molecule has 1 aliphatic heterocycles. The van der Waals surface area contributed by atoms with Crippen molar-refractivity contribution in [1.82, 2.24) is 14.3 Å². The average molecular weight is 436 g/mol. The van der Waals surface area contributed by atoms with E-state index in [4.69, 9.17) is 9.72 Å². The van der Waals surface area contributed by atoms with Crippen molar-refractivity contribution in [3.05, 3.63) is 39.7 Å². The second-order valence-corrected chi connectivity index (χ2v) is 11.3. The summed E-state index contributed by atoms with van der Waals surface area (Å²) in [7, 11) is -1.34. The van der Waals surface area contributed by atoms with Crippen molar-refractivity contribution in [2.75, 3.05) is 6.61 Å². The van der Waals surface area contributed by atoms with Gasteiger partial charge >= 0.3 is 0 Å². The van der Waals surface area contributed by atoms with Crippen LogP contribution in [-0.4, -0.2) is 25.1 Å². The van der Waals surface area contributed by atoms with Gasteiger partial charge in [0.2, 0.25) is 0 Å². The lowest BCUT2D eigenvalue weighted by molar-refractivity contribution is 0.00660. The molecule has 30 heavy (non-hydrogen) atoms. The topological polar surface area (TPSA) is 73.2 Å². The van der Waals surface area contributed by atoms with Crippen LogP contribution < -0.4 is 10.3 Å². The maximum atomic E-state index is 14.5. The molecule has 0 radical (unpaired) electrons. The number of benzene rings is 1. The number of fused-ring (bicyclic) bond motifs is 1. The van der Waals surface area contributed by atoms with Gasteiger partial charge in [-0.3, -0.25) is 9.36 Å². The molecule has 1 aliphatic carbocycles. The van der Waals surface area contributed by atoms with Gasteiger partial charge in [0.1, 0.15) is 17.7 Å². The number of hydrogen-bond acceptors (Lipinski definition) is 4. The van der Waals surface area contributed by atoms with Crippen molar-refractivity contribution in [2.24, 2.45) is 0 Å². The largest absolute Gasteiger partial charge is 0.370 e. The molecule has 1 aromatic heterocycles. The van der Waals surface area contributed by atoms with Crippen LogP contribution in [0.5, 0.6) is 0 Å². The van der Waals surface area contributed by atoms with Crippen LogP contribution in [0, 0.1) is 5.82 Å². The van der Waals surface area contributed by atoms with Crippen LogP contribution in [0.25, 0.3) is 10.9 Å². The molecular formula is C22H30FN3O3S. The van der Waals surface area contributed by atoms with Crippen molar-refractivity contribution in [3.63, 3.8) is 0 Å². The fourth-order valence-electron chi connectivity index (χ4n) is 3.90. The second kappa shape index (κ2) is 8.13. The van der Waals surface area contributed by atoms with Gasteiger partial charge in [-0.15, -0.1) is 0 Å². The molecule has 0 bridgehead atoms. The zero-order chi connectivity index (χ0) is 21.6. The summed E-state index contributed by atoms with van der Waals surface area (Å²) < 4.78 is 37.4. The summed E-state index contributed by atoms with van der Waals surface area (Å²) in [6.07, 6.45) is 4.50. The molecule has 2 heterocycles. The number of rotatable bonds is 5. The monoisotopic (exact) mass is 435 g/mol. The van der Waals surface area contributed by atoms with Crippen molar-refractivity contribution in [2.45, 2.75) is 82.7 Å². The summed E-state index contributed by atoms with van der Waals surface area (Å²) in [5, 5.41) is 0.270. The molecule has 0 unspecified atom stereocenters. The van der Waals surface area contributed by atoms with Gasteiger partial charge in [-0.25, -0.2) is 18.3 Å². The highest BCUT2D eigenvalue weighted by Gasteiger charge is 2.33. The standard InChI is InChI=1S/C22H30FN3O3S/c1-13(25-30(28)22(2,3)4)16-11-14(23)12-17-19(16)24-20(18-7-5-6-10-29-18)26(21(17)27)15-8-9-15/h11-13,15,18,25H,5-10H2,1-4H3/t13-,18+,30-/m1/s1. The highest BCUT2D eigenvalue weighted by atomic mass is 32.2. The van der Waals surface area contributed by atoms with E-state index in [-0.39, 0.29) is 23.1 Å². The number of halogens is 1. The van der Waals surface area contributed by atoms with E-state index in [9.17, 15) is 13.4 Å². The van der Waals surface area contributed by atoms with E-state index in [0.29, 0.717) is 23.5 Å². The quantitative estimate of drug-likeness (QED) is 0.763. The van der Waals surface area contributed by atoms with Crippen molar-refractivity contribution < 1.29 is 13.3 Å². The Morgan fingerprint density at radius 1 is 1.27 bits per heavy atom. The van der Waals surface area contributed by atoms with Gasteiger partial charge in [-0.05, 0) is 77.5 Å². The molecule has 3 atom stereocenters. The molecule has 4 rings (SSSR count). The average Bonchev–Trinajstić information content (AvgIpc) is 3.52. The Hall–Kier alpha value is -1.64. The first-order valence-corrected chi connectivity index (χ1v) is 11.9. The normalized spacial score (nSPS) is 22.2. The van der Waals surface area contributed by atoms with Gasteiger partial charge in [-0.2, -0.15) is 0 Å². The first-order valence-electron chi connectivity index (χ1n) is 10.7. The minimum absolute atomic E-state index is 0.116. The summed E-state index contributed by atoms with van der Waals surface area (Å²) in [6.45, 7) is 8.09. The Morgan fingerprint density at radius 3 is 2.60 bits per heavy atom. The summed E-state index contributed by atoms with van der Waals surface area (Å²) in [6, 6.07) is 2.34. The van der Waals surface area contributed by atoms with Crippen LogP contribution >= 0.6 is 0 Å². The smallest absolute Gasteiger partial charge is 0.261 e. The van der Waals surface area contributed by atoms with Gasteiger partial charge in [0, 0.05) is 18.7 Å². The number of aromatic nitrogens is 2. The molecule has 1 saturated carbocycles. The SMILES string of the molecule is C[C@@H](N[S@](=O)C(C)(C)C)c1cc(F)cc2c(=O)n(C3CC3)c([C@@H]3CCCCO3)nc12. The molecule has 1 saturated heterocycles. The summed E-state index contributed by atoms with van der Waals surface area (Å²) >= 11 is 0. The molecule has 8 heteroatoms. The van der Waals surface area contributed by atoms with E-state index in [1.165, 1.54) is 12.1 Å². The fourth-order valence-corrected chi connectivity index (χ4v) is 4.70. The van der Waals surface area contributed by atoms with E-state index in [1.54, 1.807) is 4.57 Å². The lowest BCUT2D eigenvalue weighted by atomic mass is 10.0. The lowest BCUT2D eigenvalue weighted by Crippen LogP contribution is -2.35. The van der Waals surface area contributed by atoms with Crippen molar-refractivity contribution in [3.8, 4) is 0 Å². The minimum Gasteiger partial charge on any atom is -0.370 e. The maximum absolute atomic E-state index is 14.5. The molecule has 1 N–H and O–H groups in total. The number of nitrogens with one attached hydrogen (secondary N) is 1. The van der Waals surface area contributed by atoms with Crippen LogP contribution in [0.4, 0.5) is 4.39 Å². The molecule has 164 valence electrons. The zero-order valence-electron chi connectivity index (χ0n) is 18.0. The molecule has 2 fully saturated rings. The van der Waals surface area contributed by atoms with Crippen LogP contribution in [0.3, 0.4) is 0 Å². The zero-order valence-corrected chi connectivity index (χ0v) is 18.9. The first-order chi connectivity index (χ1) is 14.2. The number of nitrogens with zero attached hydrogens (tertiary/aromatic N) is 2. The Morgan fingerprint density at radius 2 is 2.00 bits per heavy atom. The minimum atomic E-state index is -1.34. The predicted octanol–water partition coefficient (Wildman–Crippen LogP) is 4.22. The third-order valence-electron chi connectivity index (χ3n) is 5.71. The Bertz CT molecular complexity index is 1040. The lowest BCUT2D eigenvalue weighted by Gasteiger charge is -2.26. The molecule has 2 aromatic rings. The highest BCUT2D eigenvalue weighted by Crippen LogP contribution is 2.38. The van der Waals surface area contributed by atoms with Crippen LogP contribution in [0.2, 0.25) is 0 Å². The number of hydrogen-bond donors (Lipinski definition) is 1. The second-order valence-electron chi connectivity index (χ2n) is 9.34. The van der Waals surface area contributed by atoms with Gasteiger partial charge in [0.15, 0.2) is 0 Å². The van der Waals surface area contributed by atoms with E-state index < -0.39 is 27.6 Å². The van der Waals surface area contributed by atoms with E-state index in [1.807, 2.05) is 27.7 Å². The molecule has 6 nitrogen and oxygen atoms in total. The summed E-state index contributed by atoms with van der Waals surface area (Å²) in [5.74, 6) is 0.155. The molecular weight excluding hydrogens is 405 g/mol. The van der Waals surface area contributed by atoms with Crippen molar-refractivity contribution >= 4 is 21.9 Å². The molecule has 0 amide bonds. The third kappa shape index (κ3) is 4.22. The fraction of sp³-hybridized carbons (Fsp3) is 0.636. The maximum Gasteiger partial charge on any atom is 0.261 e. The van der Waals surface area contributed by atoms with Gasteiger partial charge in [0.05, 0.1) is 26.6 Å². The summed E-state index contributed by atoms with van der Waals surface area (Å²) in [5.41, 5.74) is 0.796. The Kier molecular flexibility index (Phi) is 5.85. The molecule has 0 spiro atoms. The Balaban J connectivity index is 1.86. The summed E-state index contributed by atoms with van der Waals surface area (Å²) in [4.78, 5) is 18.3. The molecule has 2 aliphatic rings. The number of ether oxygens (including phenoxy) is 1. The van der Waals surface area contributed by atoms with E-state index >= 15 is 0 Å². The third-order valence-corrected chi connectivity index (χ3v) is 7.39. The predicted molar refractivity (Wildman–Crippen MR) is 116 cm³/mol. The van der Waals surface area contributed by atoms with Crippen LogP contribution in [0.1, 0.15) is 89.4 Å². The van der Waals surface area contributed by atoms with Crippen LogP contribution in [-0.2, 0) is 15.7 Å². The van der Waals surface area contributed by atoms with Gasteiger partial charge < -0.3 is 4.74 Å². The van der Waals surface area contributed by atoms with Gasteiger partial charge in [0.25, 0.3) is 5.56 Å². The Labute approximate surface area is 178 Å².